The van der Waals surface area contributed by atoms with Crippen molar-refractivity contribution in [2.75, 3.05) is 0 Å². The van der Waals surface area contributed by atoms with Crippen LogP contribution in [0.2, 0.25) is 26.2 Å². The van der Waals surface area contributed by atoms with Gasteiger partial charge in [0.2, 0.25) is 0 Å². The van der Waals surface area contributed by atoms with Gasteiger partial charge < -0.3 is 8.85 Å². The van der Waals surface area contributed by atoms with E-state index < -0.39 is 15.7 Å². The summed E-state index contributed by atoms with van der Waals surface area (Å²) in [5, 5.41) is 4.07. The van der Waals surface area contributed by atoms with E-state index in [1.165, 1.54) is 0 Å². The van der Waals surface area contributed by atoms with E-state index in [-0.39, 0.29) is 0 Å². The van der Waals surface area contributed by atoms with Crippen LogP contribution in [-0.2, 0) is 0 Å². The van der Waals surface area contributed by atoms with Crippen molar-refractivity contribution < 1.29 is 8.85 Å². The molecule has 0 bridgehead atoms. The molecule has 0 atom stereocenters. The largest absolute Gasteiger partial charge is 0.540 e. The van der Waals surface area contributed by atoms with E-state index in [0.717, 1.165) is 11.5 Å². The first-order valence-corrected chi connectivity index (χ1v) is 12.1. The molecule has 0 unspecified atom stereocenters. The summed E-state index contributed by atoms with van der Waals surface area (Å²) in [6.45, 7) is 9.00. The number of hydrogen-bond acceptors (Lipinski definition) is 3. The fourth-order valence-electron chi connectivity index (χ4n) is 1.22. The third-order valence-corrected chi connectivity index (χ3v) is 17.1. The molecule has 0 saturated heterocycles. The second-order valence-corrected chi connectivity index (χ2v) is 18.7. The Morgan fingerprint density at radius 2 is 1.31 bits per heavy atom. The first kappa shape index (κ1) is 9.30. The van der Waals surface area contributed by atoms with Gasteiger partial charge in [-0.3, -0.25) is 0 Å². The molecule has 0 amide bonds. The van der Waals surface area contributed by atoms with E-state index in [0.29, 0.717) is 0 Å². The molecule has 72 valence electrons. The van der Waals surface area contributed by atoms with Gasteiger partial charge in [-0.25, -0.2) is 0 Å². The minimum absolute atomic E-state index is 0.966. The van der Waals surface area contributed by atoms with Crippen molar-refractivity contribution in [1.82, 2.24) is 0 Å². The molecule has 0 aromatic carbocycles. The van der Waals surface area contributed by atoms with Gasteiger partial charge in [0.1, 0.15) is 0 Å². The van der Waals surface area contributed by atoms with Crippen LogP contribution in [0.15, 0.2) is 10.8 Å². The highest BCUT2D eigenvalue weighted by Gasteiger charge is 2.52. The highest BCUT2D eigenvalue weighted by Crippen LogP contribution is 2.41. The molecule has 2 rings (SSSR count). The quantitative estimate of drug-likeness (QED) is 0.638. The molecule has 0 fully saturated rings. The van der Waals surface area contributed by atoms with Gasteiger partial charge in [0.25, 0.3) is 15.7 Å². The molecule has 13 heavy (non-hydrogen) atoms. The maximum Gasteiger partial charge on any atom is 0.274 e. The van der Waals surface area contributed by atoms with E-state index in [1.807, 2.05) is 10.8 Å². The number of thiophene rings is 1. The summed E-state index contributed by atoms with van der Waals surface area (Å²) in [6.07, 6.45) is 0. The highest BCUT2D eigenvalue weighted by molar-refractivity contribution is 7.36. The van der Waals surface area contributed by atoms with Crippen molar-refractivity contribution in [3.8, 4) is 11.5 Å². The normalized spacial score (nSPS) is 22.8. The van der Waals surface area contributed by atoms with E-state index in [9.17, 15) is 0 Å². The Kier molecular flexibility index (Phi) is 1.87. The fourth-order valence-corrected chi connectivity index (χ4v) is 6.08. The van der Waals surface area contributed by atoms with Crippen LogP contribution in [0.4, 0.5) is 0 Å². The number of fused-ring (bicyclic) bond motifs is 1. The van der Waals surface area contributed by atoms with Crippen LogP contribution < -0.4 is 8.85 Å². The van der Waals surface area contributed by atoms with Gasteiger partial charge in [-0.2, -0.15) is 0 Å². The first-order chi connectivity index (χ1) is 5.92. The summed E-state index contributed by atoms with van der Waals surface area (Å²) < 4.78 is 12.1. The molecule has 0 N–H and O–H groups in total. The van der Waals surface area contributed by atoms with E-state index in [4.69, 9.17) is 8.85 Å². The average molecular weight is 230 g/mol. The zero-order valence-electron chi connectivity index (χ0n) is 8.38. The van der Waals surface area contributed by atoms with Crippen LogP contribution in [0.3, 0.4) is 0 Å². The third kappa shape index (κ3) is 1.35. The van der Waals surface area contributed by atoms with Gasteiger partial charge in [0.15, 0.2) is 11.5 Å². The third-order valence-electron chi connectivity index (χ3n) is 2.77. The Balaban J connectivity index is 2.43. The van der Waals surface area contributed by atoms with Crippen LogP contribution in [0.25, 0.3) is 0 Å². The van der Waals surface area contributed by atoms with Crippen LogP contribution in [0.5, 0.6) is 11.5 Å². The molecule has 1 aliphatic heterocycles. The van der Waals surface area contributed by atoms with E-state index in [2.05, 4.69) is 26.2 Å². The topological polar surface area (TPSA) is 18.5 Å². The van der Waals surface area contributed by atoms with Crippen molar-refractivity contribution in [3.05, 3.63) is 10.8 Å². The fraction of sp³-hybridized carbons (Fsp3) is 0.500. The molecule has 1 aromatic rings. The predicted octanol–water partition coefficient (Wildman–Crippen LogP) is 3.01. The molecule has 1 aromatic heterocycles. The SMILES string of the molecule is C[Si]1(C)Oc2cscc2O[Si]1(C)C. The molecule has 0 aliphatic carbocycles. The Bertz CT molecular complexity index is 302. The number of rotatable bonds is 0. The Morgan fingerprint density at radius 3 is 1.69 bits per heavy atom. The van der Waals surface area contributed by atoms with Crippen LogP contribution >= 0.6 is 11.3 Å². The summed E-state index contributed by atoms with van der Waals surface area (Å²) in [7, 11) is -3.22. The van der Waals surface area contributed by atoms with Crippen LogP contribution in [0.1, 0.15) is 0 Å². The van der Waals surface area contributed by atoms with Crippen molar-refractivity contribution in [2.24, 2.45) is 0 Å². The summed E-state index contributed by atoms with van der Waals surface area (Å²) in [6, 6.07) is 0. The second-order valence-electron chi connectivity index (χ2n) is 4.33. The number of hydrogen-bond donors (Lipinski definition) is 0. The minimum atomic E-state index is -1.61. The van der Waals surface area contributed by atoms with E-state index >= 15 is 0 Å². The molecule has 0 radical (unpaired) electrons. The maximum atomic E-state index is 6.06. The predicted molar refractivity (Wildman–Crippen MR) is 60.5 cm³/mol. The second kappa shape index (κ2) is 2.62. The molecule has 2 heterocycles. The minimum Gasteiger partial charge on any atom is -0.540 e. The molecule has 0 spiro atoms. The van der Waals surface area contributed by atoms with Gasteiger partial charge in [-0.15, -0.1) is 11.3 Å². The van der Waals surface area contributed by atoms with Gasteiger partial charge in [0, 0.05) is 10.8 Å². The van der Waals surface area contributed by atoms with E-state index in [1.54, 1.807) is 11.3 Å². The Labute approximate surface area is 84.5 Å². The summed E-state index contributed by atoms with van der Waals surface area (Å²) in [5.41, 5.74) is 0. The summed E-state index contributed by atoms with van der Waals surface area (Å²) in [5.74, 6) is 1.93. The van der Waals surface area contributed by atoms with Gasteiger partial charge in [0.05, 0.1) is 0 Å². The Hall–Kier alpha value is -0.266. The smallest absolute Gasteiger partial charge is 0.274 e. The molecular weight excluding hydrogens is 216 g/mol. The summed E-state index contributed by atoms with van der Waals surface area (Å²) in [4.78, 5) is 0. The monoisotopic (exact) mass is 230 g/mol. The molecule has 0 saturated carbocycles. The molecule has 2 nitrogen and oxygen atoms in total. The molecule has 1 aliphatic rings. The lowest BCUT2D eigenvalue weighted by molar-refractivity contribution is 0.462. The first-order valence-electron chi connectivity index (χ1n) is 4.37. The molecule has 5 heteroatoms. The van der Waals surface area contributed by atoms with Crippen molar-refractivity contribution in [3.63, 3.8) is 0 Å². The Morgan fingerprint density at radius 1 is 0.923 bits per heavy atom. The molecular formula is C8H14O2SSi2. The van der Waals surface area contributed by atoms with Crippen LogP contribution in [-0.4, -0.2) is 15.7 Å². The van der Waals surface area contributed by atoms with Crippen LogP contribution in [0, 0.1) is 0 Å². The van der Waals surface area contributed by atoms with Gasteiger partial charge in [-0.1, -0.05) is 0 Å². The lowest BCUT2D eigenvalue weighted by Gasteiger charge is -2.41. The van der Waals surface area contributed by atoms with Crippen molar-refractivity contribution in [2.45, 2.75) is 26.2 Å². The lowest BCUT2D eigenvalue weighted by atomic mass is 10.6. The van der Waals surface area contributed by atoms with Crippen molar-refractivity contribution >= 4 is 27.0 Å². The van der Waals surface area contributed by atoms with Crippen molar-refractivity contribution in [1.29, 1.82) is 0 Å². The summed E-state index contributed by atoms with van der Waals surface area (Å²) >= 11 is 1.65. The zero-order chi connectivity index (χ0) is 9.69. The standard InChI is InChI=1S/C8H14O2SSi2/c1-12(2)9-7-5-11-6-8(7)10-13(12,3)4/h5-6H,1-4H3. The lowest BCUT2D eigenvalue weighted by Crippen LogP contribution is -2.65. The highest BCUT2D eigenvalue weighted by atomic mass is 32.1. The maximum absolute atomic E-state index is 6.06. The van der Waals surface area contributed by atoms with Gasteiger partial charge >= 0.3 is 0 Å². The van der Waals surface area contributed by atoms with Gasteiger partial charge in [-0.05, 0) is 26.2 Å². The zero-order valence-corrected chi connectivity index (χ0v) is 11.2. The average Bonchev–Trinajstić information content (AvgIpc) is 2.33.